The van der Waals surface area contributed by atoms with Crippen LogP contribution < -0.4 is 10.9 Å². The van der Waals surface area contributed by atoms with Crippen LogP contribution in [-0.4, -0.2) is 33.0 Å². The second-order valence-corrected chi connectivity index (χ2v) is 6.01. The number of carbonyl (C=O) groups is 2. The monoisotopic (exact) mass is 362 g/mol. The van der Waals surface area contributed by atoms with Crippen molar-refractivity contribution in [3.63, 3.8) is 0 Å². The zero-order chi connectivity index (χ0) is 18.8. The first kappa shape index (κ1) is 17.7. The van der Waals surface area contributed by atoms with Crippen LogP contribution in [0, 0.1) is 11.6 Å². The van der Waals surface area contributed by atoms with Gasteiger partial charge in [0.25, 0.3) is 5.56 Å². The Balaban J connectivity index is 1.75. The number of halogens is 2. The maximum absolute atomic E-state index is 13.2. The van der Waals surface area contributed by atoms with Crippen molar-refractivity contribution in [3.8, 4) is 0 Å². The second kappa shape index (κ2) is 7.03. The predicted molar refractivity (Wildman–Crippen MR) is 88.3 cm³/mol. The van der Waals surface area contributed by atoms with E-state index in [2.05, 4.69) is 10.4 Å². The smallest absolute Gasteiger partial charge is 0.267 e. The van der Waals surface area contributed by atoms with Gasteiger partial charge in [0.15, 0.2) is 0 Å². The molecule has 0 saturated heterocycles. The molecule has 9 heteroatoms. The van der Waals surface area contributed by atoms with Crippen LogP contribution >= 0.6 is 0 Å². The second-order valence-electron chi connectivity index (χ2n) is 6.01. The van der Waals surface area contributed by atoms with Gasteiger partial charge in [-0.1, -0.05) is 0 Å². The van der Waals surface area contributed by atoms with Crippen LogP contribution in [0.15, 0.2) is 29.1 Å². The molecule has 0 unspecified atom stereocenters. The largest absolute Gasteiger partial charge is 0.338 e. The normalized spacial score (nSPS) is 13.3. The van der Waals surface area contributed by atoms with E-state index in [1.807, 2.05) is 0 Å². The van der Waals surface area contributed by atoms with E-state index in [1.54, 1.807) is 4.90 Å². The third kappa shape index (κ3) is 3.93. The molecule has 0 fully saturated rings. The molecule has 1 aromatic carbocycles. The van der Waals surface area contributed by atoms with E-state index in [0.717, 1.165) is 16.8 Å². The van der Waals surface area contributed by atoms with Gasteiger partial charge in [-0.15, -0.1) is 0 Å². The number of fused-ring (bicyclic) bond motifs is 1. The van der Waals surface area contributed by atoms with Crippen LogP contribution in [0.2, 0.25) is 0 Å². The van der Waals surface area contributed by atoms with E-state index in [0.29, 0.717) is 36.8 Å². The van der Waals surface area contributed by atoms with Gasteiger partial charge in [0.2, 0.25) is 11.8 Å². The molecule has 0 radical (unpaired) electrons. The highest BCUT2D eigenvalue weighted by Crippen LogP contribution is 2.15. The Hall–Kier alpha value is -3.10. The highest BCUT2D eigenvalue weighted by Gasteiger charge is 2.21. The first-order chi connectivity index (χ1) is 12.3. The van der Waals surface area contributed by atoms with Crippen LogP contribution in [-0.2, 0) is 29.1 Å². The summed E-state index contributed by atoms with van der Waals surface area (Å²) in [4.78, 5) is 37.3. The SMILES string of the molecule is CC(=O)N1CCc2nn(CC(=O)Nc3cc(F)cc(F)c3)c(=O)cc2C1. The predicted octanol–water partition coefficient (Wildman–Crippen LogP) is 1.06. The number of aromatic nitrogens is 2. The van der Waals surface area contributed by atoms with Gasteiger partial charge in [-0.3, -0.25) is 14.4 Å². The van der Waals surface area contributed by atoms with Crippen molar-refractivity contribution in [2.24, 2.45) is 0 Å². The first-order valence-corrected chi connectivity index (χ1v) is 7.93. The van der Waals surface area contributed by atoms with Gasteiger partial charge in [0.1, 0.15) is 18.2 Å². The molecule has 1 N–H and O–H groups in total. The number of anilines is 1. The van der Waals surface area contributed by atoms with Gasteiger partial charge in [0.05, 0.1) is 5.69 Å². The number of nitrogens with zero attached hydrogens (tertiary/aromatic N) is 3. The summed E-state index contributed by atoms with van der Waals surface area (Å²) < 4.78 is 27.3. The van der Waals surface area contributed by atoms with E-state index in [9.17, 15) is 23.2 Å². The lowest BCUT2D eigenvalue weighted by Crippen LogP contribution is -2.38. The molecule has 26 heavy (non-hydrogen) atoms. The summed E-state index contributed by atoms with van der Waals surface area (Å²) in [7, 11) is 0. The Morgan fingerprint density at radius 1 is 1.19 bits per heavy atom. The van der Waals surface area contributed by atoms with E-state index in [1.165, 1.54) is 13.0 Å². The summed E-state index contributed by atoms with van der Waals surface area (Å²) in [5, 5.41) is 6.51. The Morgan fingerprint density at radius 2 is 1.88 bits per heavy atom. The molecule has 0 spiro atoms. The summed E-state index contributed by atoms with van der Waals surface area (Å²) in [6.07, 6.45) is 0.478. The lowest BCUT2D eigenvalue weighted by atomic mass is 10.1. The Labute approximate surface area is 147 Å². The summed E-state index contributed by atoms with van der Waals surface area (Å²) in [6, 6.07) is 3.99. The molecular formula is C17H16F2N4O3. The van der Waals surface area contributed by atoms with Gasteiger partial charge >= 0.3 is 0 Å². The van der Waals surface area contributed by atoms with Crippen molar-refractivity contribution in [3.05, 3.63) is 57.5 Å². The summed E-state index contributed by atoms with van der Waals surface area (Å²) in [5.41, 5.74) is 0.761. The number of carbonyl (C=O) groups excluding carboxylic acids is 2. The summed E-state index contributed by atoms with van der Waals surface area (Å²) in [6.45, 7) is 1.87. The van der Waals surface area contributed by atoms with E-state index < -0.39 is 23.1 Å². The fraction of sp³-hybridized carbons (Fsp3) is 0.294. The lowest BCUT2D eigenvalue weighted by molar-refractivity contribution is -0.129. The summed E-state index contributed by atoms with van der Waals surface area (Å²) in [5.74, 6) is -2.36. The lowest BCUT2D eigenvalue weighted by Gasteiger charge is -2.27. The minimum absolute atomic E-state index is 0.0457. The molecule has 1 aromatic heterocycles. The average Bonchev–Trinajstić information content (AvgIpc) is 2.53. The average molecular weight is 362 g/mol. The number of hydrogen-bond donors (Lipinski definition) is 1. The van der Waals surface area contributed by atoms with Crippen molar-refractivity contribution in [2.75, 3.05) is 11.9 Å². The quantitative estimate of drug-likeness (QED) is 0.885. The maximum atomic E-state index is 13.2. The maximum Gasteiger partial charge on any atom is 0.267 e. The van der Waals surface area contributed by atoms with Gasteiger partial charge < -0.3 is 10.2 Å². The van der Waals surface area contributed by atoms with E-state index in [-0.39, 0.29) is 18.1 Å². The molecule has 0 bridgehead atoms. The number of benzene rings is 1. The molecule has 0 saturated carbocycles. The van der Waals surface area contributed by atoms with Crippen LogP contribution in [0.5, 0.6) is 0 Å². The highest BCUT2D eigenvalue weighted by molar-refractivity contribution is 5.90. The molecule has 2 aromatic rings. The number of hydrogen-bond acceptors (Lipinski definition) is 4. The van der Waals surface area contributed by atoms with Crippen molar-refractivity contribution in [1.29, 1.82) is 0 Å². The fourth-order valence-corrected chi connectivity index (χ4v) is 2.78. The molecule has 7 nitrogen and oxygen atoms in total. The molecule has 1 aliphatic heterocycles. The van der Waals surface area contributed by atoms with Crippen LogP contribution in [0.4, 0.5) is 14.5 Å². The zero-order valence-electron chi connectivity index (χ0n) is 14.0. The van der Waals surface area contributed by atoms with Crippen LogP contribution in [0.3, 0.4) is 0 Å². The van der Waals surface area contributed by atoms with Gasteiger partial charge in [-0.2, -0.15) is 5.10 Å². The van der Waals surface area contributed by atoms with Crippen LogP contribution in [0.1, 0.15) is 18.2 Å². The standard InChI is InChI=1S/C17H16F2N4O3/c1-10(24)22-3-2-15-11(8-22)4-17(26)23(21-15)9-16(25)20-14-6-12(18)5-13(19)7-14/h4-7H,2-3,8-9H2,1H3,(H,20,25). The minimum Gasteiger partial charge on any atom is -0.338 e. The van der Waals surface area contributed by atoms with E-state index >= 15 is 0 Å². The molecular weight excluding hydrogens is 346 g/mol. The van der Waals surface area contributed by atoms with Crippen molar-refractivity contribution < 1.29 is 18.4 Å². The van der Waals surface area contributed by atoms with Gasteiger partial charge in [-0.05, 0) is 12.1 Å². The summed E-state index contributed by atoms with van der Waals surface area (Å²) >= 11 is 0. The van der Waals surface area contributed by atoms with Gasteiger partial charge in [-0.25, -0.2) is 13.5 Å². The molecule has 3 rings (SSSR count). The Kier molecular flexibility index (Phi) is 4.79. The molecule has 2 heterocycles. The van der Waals surface area contributed by atoms with E-state index in [4.69, 9.17) is 0 Å². The first-order valence-electron chi connectivity index (χ1n) is 7.93. The molecule has 1 aliphatic rings. The minimum atomic E-state index is -0.820. The topological polar surface area (TPSA) is 84.3 Å². The fourth-order valence-electron chi connectivity index (χ4n) is 2.78. The number of nitrogens with one attached hydrogen (secondary N) is 1. The van der Waals surface area contributed by atoms with Crippen molar-refractivity contribution in [2.45, 2.75) is 26.4 Å². The number of rotatable bonds is 3. The molecule has 136 valence electrons. The molecule has 2 amide bonds. The highest BCUT2D eigenvalue weighted by atomic mass is 19.1. The third-order valence-corrected chi connectivity index (χ3v) is 4.03. The molecule has 0 atom stereocenters. The van der Waals surface area contributed by atoms with Crippen LogP contribution in [0.25, 0.3) is 0 Å². The molecule has 0 aliphatic carbocycles. The number of amides is 2. The zero-order valence-corrected chi connectivity index (χ0v) is 14.0. The van der Waals surface area contributed by atoms with Gasteiger partial charge in [0, 0.05) is 49.8 Å². The van der Waals surface area contributed by atoms with Crippen molar-refractivity contribution in [1.82, 2.24) is 14.7 Å². The third-order valence-electron chi connectivity index (χ3n) is 4.03. The Morgan fingerprint density at radius 3 is 2.54 bits per heavy atom. The van der Waals surface area contributed by atoms with Crippen molar-refractivity contribution >= 4 is 17.5 Å². The Bertz CT molecular complexity index is 922.